The van der Waals surface area contributed by atoms with E-state index in [2.05, 4.69) is 31.2 Å². The van der Waals surface area contributed by atoms with Crippen LogP contribution in [0.1, 0.15) is 56.2 Å². The molecule has 0 aliphatic rings. The van der Waals surface area contributed by atoms with Gasteiger partial charge in [0.05, 0.1) is 6.61 Å². The summed E-state index contributed by atoms with van der Waals surface area (Å²) in [6.45, 7) is 9.13. The van der Waals surface area contributed by atoms with E-state index in [1.807, 2.05) is 0 Å². The first-order chi connectivity index (χ1) is 13.9. The number of hydrogen-bond donors (Lipinski definition) is 1. The minimum atomic E-state index is -0.310. The number of carbonyl (C=O) groups is 2. The molecule has 1 heterocycles. The fraction of sp³-hybridized carbons (Fsp3) is 0.500. The lowest BCUT2D eigenvalue weighted by Crippen LogP contribution is -2.39. The van der Waals surface area contributed by atoms with Crippen LogP contribution >= 0.6 is 0 Å². The highest BCUT2D eigenvalue weighted by Crippen LogP contribution is 2.15. The van der Waals surface area contributed by atoms with E-state index in [0.29, 0.717) is 36.2 Å². The van der Waals surface area contributed by atoms with E-state index in [9.17, 15) is 9.59 Å². The zero-order chi connectivity index (χ0) is 21.2. The van der Waals surface area contributed by atoms with Gasteiger partial charge < -0.3 is 19.5 Å². The third kappa shape index (κ3) is 7.60. The molecule has 2 rings (SSSR count). The molecule has 0 radical (unpaired) electrons. The van der Waals surface area contributed by atoms with Crippen LogP contribution in [0, 0.1) is 12.8 Å². The molecular weight excluding hydrogens is 370 g/mol. The van der Waals surface area contributed by atoms with Gasteiger partial charge in [0.2, 0.25) is 5.91 Å². The van der Waals surface area contributed by atoms with Crippen LogP contribution in [0.25, 0.3) is 0 Å². The van der Waals surface area contributed by atoms with E-state index in [-0.39, 0.29) is 18.4 Å². The lowest BCUT2D eigenvalue weighted by molar-refractivity contribution is -0.117. The van der Waals surface area contributed by atoms with Crippen LogP contribution in [0.15, 0.2) is 34.9 Å². The van der Waals surface area contributed by atoms with E-state index < -0.39 is 0 Å². The van der Waals surface area contributed by atoms with Crippen LogP contribution < -0.4 is 10.1 Å². The SMILES string of the molecule is CCCCOc1ccc(C(=O)N(CCC(C)C)CC(=O)Nc2cc(C)on2)cc1. The number of aryl methyl sites for hydroxylation is 1. The Bertz CT molecular complexity index is 784. The van der Waals surface area contributed by atoms with Crippen LogP contribution in [-0.4, -0.2) is 41.6 Å². The maximum Gasteiger partial charge on any atom is 0.254 e. The van der Waals surface area contributed by atoms with Crippen molar-refractivity contribution in [1.82, 2.24) is 10.1 Å². The molecule has 29 heavy (non-hydrogen) atoms. The van der Waals surface area contributed by atoms with E-state index in [4.69, 9.17) is 9.26 Å². The monoisotopic (exact) mass is 401 g/mol. The number of benzene rings is 1. The number of amides is 2. The second-order valence-corrected chi connectivity index (χ2v) is 7.51. The molecule has 0 unspecified atom stereocenters. The Labute approximate surface area is 172 Å². The van der Waals surface area contributed by atoms with Crippen LogP contribution in [-0.2, 0) is 4.79 Å². The third-order valence-electron chi connectivity index (χ3n) is 4.36. The fourth-order valence-electron chi connectivity index (χ4n) is 2.66. The molecule has 0 aliphatic heterocycles. The third-order valence-corrected chi connectivity index (χ3v) is 4.36. The standard InChI is InChI=1S/C22H31N3O4/c1-5-6-13-28-19-9-7-18(8-10-19)22(27)25(12-11-16(2)3)15-21(26)23-20-14-17(4)29-24-20/h7-10,14,16H,5-6,11-13,15H2,1-4H3,(H,23,24,26). The fourth-order valence-corrected chi connectivity index (χ4v) is 2.66. The highest BCUT2D eigenvalue weighted by molar-refractivity contribution is 5.99. The molecule has 0 atom stereocenters. The molecule has 2 aromatic rings. The van der Waals surface area contributed by atoms with Gasteiger partial charge in [-0.2, -0.15) is 0 Å². The summed E-state index contributed by atoms with van der Waals surface area (Å²) in [7, 11) is 0. The number of nitrogens with zero attached hydrogens (tertiary/aromatic N) is 2. The summed E-state index contributed by atoms with van der Waals surface area (Å²) in [5.74, 6) is 1.61. The second-order valence-electron chi connectivity index (χ2n) is 7.51. The Balaban J connectivity index is 2.03. The van der Waals surface area contributed by atoms with Crippen molar-refractivity contribution in [1.29, 1.82) is 0 Å². The minimum Gasteiger partial charge on any atom is -0.494 e. The molecule has 2 amide bonds. The summed E-state index contributed by atoms with van der Waals surface area (Å²) < 4.78 is 10.6. The molecule has 0 saturated heterocycles. The molecule has 7 nitrogen and oxygen atoms in total. The van der Waals surface area contributed by atoms with Gasteiger partial charge in [-0.1, -0.05) is 32.3 Å². The molecular formula is C22H31N3O4. The molecule has 0 bridgehead atoms. The van der Waals surface area contributed by atoms with Crippen molar-refractivity contribution in [3.63, 3.8) is 0 Å². The maximum atomic E-state index is 13.0. The number of nitrogens with one attached hydrogen (secondary N) is 1. The van der Waals surface area contributed by atoms with Crippen molar-refractivity contribution in [2.75, 3.05) is 25.0 Å². The van der Waals surface area contributed by atoms with Gasteiger partial charge in [0.1, 0.15) is 18.1 Å². The number of ether oxygens (including phenoxy) is 1. The molecule has 1 aromatic carbocycles. The van der Waals surface area contributed by atoms with Crippen molar-refractivity contribution in [3.8, 4) is 5.75 Å². The van der Waals surface area contributed by atoms with Crippen LogP contribution in [0.5, 0.6) is 5.75 Å². The summed E-state index contributed by atoms with van der Waals surface area (Å²) in [6.07, 6.45) is 2.86. The summed E-state index contributed by atoms with van der Waals surface area (Å²) in [5, 5.41) is 6.42. The molecule has 0 fully saturated rings. The average molecular weight is 402 g/mol. The van der Waals surface area contributed by atoms with Crippen LogP contribution in [0.4, 0.5) is 5.82 Å². The van der Waals surface area contributed by atoms with E-state index in [1.165, 1.54) is 0 Å². The van der Waals surface area contributed by atoms with Gasteiger partial charge in [0, 0.05) is 18.2 Å². The van der Waals surface area contributed by atoms with Crippen molar-refractivity contribution in [2.24, 2.45) is 5.92 Å². The minimum absolute atomic E-state index is 0.0494. The van der Waals surface area contributed by atoms with Gasteiger partial charge in [-0.15, -0.1) is 0 Å². The number of anilines is 1. The van der Waals surface area contributed by atoms with Gasteiger partial charge in [0.25, 0.3) is 5.91 Å². The highest BCUT2D eigenvalue weighted by atomic mass is 16.5. The van der Waals surface area contributed by atoms with Crippen molar-refractivity contribution >= 4 is 17.6 Å². The number of carbonyl (C=O) groups excluding carboxylic acids is 2. The van der Waals surface area contributed by atoms with Gasteiger partial charge in [-0.25, -0.2) is 0 Å². The molecule has 158 valence electrons. The molecule has 0 aliphatic carbocycles. The van der Waals surface area contributed by atoms with Crippen molar-refractivity contribution in [2.45, 2.75) is 47.0 Å². The zero-order valence-electron chi connectivity index (χ0n) is 17.7. The Morgan fingerprint density at radius 2 is 1.97 bits per heavy atom. The molecule has 1 aromatic heterocycles. The summed E-state index contributed by atoms with van der Waals surface area (Å²) in [6, 6.07) is 8.70. The van der Waals surface area contributed by atoms with E-state index in [1.54, 1.807) is 42.2 Å². The molecule has 0 saturated carbocycles. The Hall–Kier alpha value is -2.83. The number of unbranched alkanes of at least 4 members (excludes halogenated alkanes) is 1. The van der Waals surface area contributed by atoms with Crippen molar-refractivity contribution < 1.29 is 18.8 Å². The average Bonchev–Trinajstić information content (AvgIpc) is 3.09. The number of aromatic nitrogens is 1. The van der Waals surface area contributed by atoms with Gasteiger partial charge in [-0.3, -0.25) is 9.59 Å². The number of hydrogen-bond acceptors (Lipinski definition) is 5. The first-order valence-electron chi connectivity index (χ1n) is 10.1. The zero-order valence-corrected chi connectivity index (χ0v) is 17.7. The van der Waals surface area contributed by atoms with Crippen molar-refractivity contribution in [3.05, 3.63) is 41.7 Å². The van der Waals surface area contributed by atoms with Crippen LogP contribution in [0.3, 0.4) is 0 Å². The summed E-state index contributed by atoms with van der Waals surface area (Å²) >= 11 is 0. The lowest BCUT2D eigenvalue weighted by Gasteiger charge is -2.23. The van der Waals surface area contributed by atoms with E-state index >= 15 is 0 Å². The van der Waals surface area contributed by atoms with Crippen LogP contribution in [0.2, 0.25) is 0 Å². The first kappa shape index (κ1) is 22.5. The van der Waals surface area contributed by atoms with Gasteiger partial charge >= 0.3 is 0 Å². The molecule has 1 N–H and O–H groups in total. The topological polar surface area (TPSA) is 84.7 Å². The second kappa shape index (κ2) is 11.2. The van der Waals surface area contributed by atoms with E-state index in [0.717, 1.165) is 25.0 Å². The first-order valence-corrected chi connectivity index (χ1v) is 10.1. The summed E-state index contributed by atoms with van der Waals surface area (Å²) in [5.41, 5.74) is 0.529. The maximum absolute atomic E-state index is 13.0. The quantitative estimate of drug-likeness (QED) is 0.568. The number of rotatable bonds is 11. The Kier molecular flexibility index (Phi) is 8.70. The Morgan fingerprint density at radius 1 is 1.24 bits per heavy atom. The predicted octanol–water partition coefficient (Wildman–Crippen LogP) is 4.29. The summed E-state index contributed by atoms with van der Waals surface area (Å²) in [4.78, 5) is 27.0. The normalized spacial score (nSPS) is 10.8. The predicted molar refractivity (Wildman–Crippen MR) is 112 cm³/mol. The smallest absolute Gasteiger partial charge is 0.254 e. The highest BCUT2D eigenvalue weighted by Gasteiger charge is 2.20. The lowest BCUT2D eigenvalue weighted by atomic mass is 10.1. The Morgan fingerprint density at radius 3 is 2.55 bits per heavy atom. The molecule has 7 heteroatoms. The molecule has 0 spiro atoms. The van der Waals surface area contributed by atoms with Gasteiger partial charge in [-0.05, 0) is 49.9 Å². The van der Waals surface area contributed by atoms with Gasteiger partial charge in [0.15, 0.2) is 5.82 Å². The largest absolute Gasteiger partial charge is 0.494 e.